The maximum Gasteiger partial charge on any atom is 0.331 e. The molecule has 21 heavy (non-hydrogen) atoms. The van der Waals surface area contributed by atoms with Crippen molar-refractivity contribution in [1.29, 1.82) is 0 Å². The Labute approximate surface area is 126 Å². The van der Waals surface area contributed by atoms with Crippen molar-refractivity contribution in [2.24, 2.45) is 0 Å². The van der Waals surface area contributed by atoms with Crippen LogP contribution in [-0.4, -0.2) is 43.5 Å². The molecule has 0 bridgehead atoms. The van der Waals surface area contributed by atoms with Gasteiger partial charge in [0.1, 0.15) is 0 Å². The van der Waals surface area contributed by atoms with Crippen molar-refractivity contribution < 1.29 is 19.4 Å². The molecule has 0 heterocycles. The Bertz CT molecular complexity index is 424. The van der Waals surface area contributed by atoms with E-state index in [2.05, 4.69) is 5.32 Å². The van der Waals surface area contributed by atoms with Crippen LogP contribution in [0.5, 0.6) is 0 Å². The number of hydrogen-bond donors (Lipinski definition) is 2. The first-order chi connectivity index (χ1) is 10.1. The maximum atomic E-state index is 11.9. The van der Waals surface area contributed by atoms with Gasteiger partial charge < -0.3 is 14.6 Å². The van der Waals surface area contributed by atoms with Gasteiger partial charge in [-0.1, -0.05) is 37.3 Å². The van der Waals surface area contributed by atoms with E-state index in [0.29, 0.717) is 25.3 Å². The average Bonchev–Trinajstić information content (AvgIpc) is 2.50. The minimum Gasteiger partial charge on any atom is -0.480 e. The fourth-order valence-corrected chi connectivity index (χ4v) is 2.12. The van der Waals surface area contributed by atoms with E-state index in [0.717, 1.165) is 0 Å². The molecule has 0 spiro atoms. The van der Waals surface area contributed by atoms with Crippen LogP contribution in [0.3, 0.4) is 0 Å². The molecular weight excluding hydrogens is 270 g/mol. The SMILES string of the molecule is CCNC(COC(C)COCC)(C(=O)O)c1ccccc1. The second-order valence-corrected chi connectivity index (χ2v) is 4.89. The Morgan fingerprint density at radius 2 is 2.00 bits per heavy atom. The van der Waals surface area contributed by atoms with Gasteiger partial charge in [-0.05, 0) is 26.0 Å². The smallest absolute Gasteiger partial charge is 0.331 e. The lowest BCUT2D eigenvalue weighted by atomic mass is 9.90. The number of hydrogen-bond acceptors (Lipinski definition) is 4. The topological polar surface area (TPSA) is 67.8 Å². The van der Waals surface area contributed by atoms with Gasteiger partial charge in [-0.25, -0.2) is 4.79 Å². The zero-order valence-electron chi connectivity index (χ0n) is 13.0. The van der Waals surface area contributed by atoms with Crippen molar-refractivity contribution in [3.8, 4) is 0 Å². The van der Waals surface area contributed by atoms with Gasteiger partial charge in [0.05, 0.1) is 19.3 Å². The summed E-state index contributed by atoms with van der Waals surface area (Å²) in [6, 6.07) is 9.11. The fourth-order valence-electron chi connectivity index (χ4n) is 2.12. The summed E-state index contributed by atoms with van der Waals surface area (Å²) in [5.41, 5.74) is -0.556. The van der Waals surface area contributed by atoms with Gasteiger partial charge in [0.2, 0.25) is 0 Å². The predicted molar refractivity (Wildman–Crippen MR) is 81.3 cm³/mol. The average molecular weight is 295 g/mol. The maximum absolute atomic E-state index is 11.9. The minimum absolute atomic E-state index is 0.0500. The lowest BCUT2D eigenvalue weighted by Crippen LogP contribution is -2.53. The molecule has 5 nitrogen and oxygen atoms in total. The molecule has 0 aliphatic rings. The molecule has 2 atom stereocenters. The van der Waals surface area contributed by atoms with E-state index < -0.39 is 11.5 Å². The summed E-state index contributed by atoms with van der Waals surface area (Å²) >= 11 is 0. The van der Waals surface area contributed by atoms with Crippen LogP contribution in [0.15, 0.2) is 30.3 Å². The first-order valence-electron chi connectivity index (χ1n) is 7.30. The highest BCUT2D eigenvalue weighted by Gasteiger charge is 2.40. The first-order valence-corrected chi connectivity index (χ1v) is 7.30. The van der Waals surface area contributed by atoms with Crippen LogP contribution in [0, 0.1) is 0 Å². The van der Waals surface area contributed by atoms with E-state index in [4.69, 9.17) is 9.47 Å². The van der Waals surface area contributed by atoms with Crippen molar-refractivity contribution in [3.05, 3.63) is 35.9 Å². The molecule has 0 saturated carbocycles. The summed E-state index contributed by atoms with van der Waals surface area (Å²) in [5.74, 6) is -0.945. The first kappa shape index (κ1) is 17.6. The van der Waals surface area contributed by atoms with Gasteiger partial charge in [-0.3, -0.25) is 5.32 Å². The largest absolute Gasteiger partial charge is 0.480 e. The molecule has 2 unspecified atom stereocenters. The van der Waals surface area contributed by atoms with E-state index in [9.17, 15) is 9.90 Å². The number of rotatable bonds is 10. The van der Waals surface area contributed by atoms with Gasteiger partial charge in [0, 0.05) is 6.61 Å². The van der Waals surface area contributed by atoms with Crippen molar-refractivity contribution in [3.63, 3.8) is 0 Å². The van der Waals surface area contributed by atoms with Gasteiger partial charge in [-0.2, -0.15) is 0 Å². The van der Waals surface area contributed by atoms with Crippen LogP contribution < -0.4 is 5.32 Å². The number of ether oxygens (including phenoxy) is 2. The molecule has 1 aromatic carbocycles. The molecule has 0 radical (unpaired) electrons. The summed E-state index contributed by atoms with van der Waals surface area (Å²) in [5, 5.41) is 12.8. The molecule has 1 rings (SSSR count). The van der Waals surface area contributed by atoms with E-state index in [1.807, 2.05) is 39.0 Å². The zero-order chi connectivity index (χ0) is 15.7. The lowest BCUT2D eigenvalue weighted by Gasteiger charge is -2.31. The standard InChI is InChI=1S/C16H25NO4/c1-4-17-16(15(18)19,14-9-7-6-8-10-14)12-21-13(3)11-20-5-2/h6-10,13,17H,4-5,11-12H2,1-3H3,(H,18,19). The quantitative estimate of drug-likeness (QED) is 0.691. The van der Waals surface area contributed by atoms with E-state index in [1.54, 1.807) is 12.1 Å². The van der Waals surface area contributed by atoms with Gasteiger partial charge in [0.15, 0.2) is 5.54 Å². The summed E-state index contributed by atoms with van der Waals surface area (Å²) in [4.78, 5) is 11.9. The number of aliphatic carboxylic acids is 1. The molecule has 118 valence electrons. The van der Waals surface area contributed by atoms with Gasteiger partial charge in [-0.15, -0.1) is 0 Å². The highest BCUT2D eigenvalue weighted by atomic mass is 16.5. The van der Waals surface area contributed by atoms with Crippen molar-refractivity contribution in [2.75, 3.05) is 26.4 Å². The van der Waals surface area contributed by atoms with Gasteiger partial charge in [0.25, 0.3) is 0 Å². The Hall–Kier alpha value is -1.43. The van der Waals surface area contributed by atoms with Crippen molar-refractivity contribution >= 4 is 5.97 Å². The third-order valence-corrected chi connectivity index (χ3v) is 3.25. The Kier molecular flexibility index (Phi) is 7.36. The lowest BCUT2D eigenvalue weighted by molar-refractivity contribution is -0.150. The monoisotopic (exact) mass is 295 g/mol. The normalized spacial score (nSPS) is 15.4. The Morgan fingerprint density at radius 1 is 1.33 bits per heavy atom. The summed E-state index contributed by atoms with van der Waals surface area (Å²) in [6.45, 7) is 7.32. The summed E-state index contributed by atoms with van der Waals surface area (Å²) in [6.07, 6.45) is -0.161. The van der Waals surface area contributed by atoms with Gasteiger partial charge >= 0.3 is 5.97 Å². The summed E-state index contributed by atoms with van der Waals surface area (Å²) < 4.78 is 11.0. The number of likely N-dealkylation sites (N-methyl/N-ethyl adjacent to an activating group) is 1. The number of nitrogens with one attached hydrogen (secondary N) is 1. The van der Waals surface area contributed by atoms with Crippen LogP contribution in [0.2, 0.25) is 0 Å². The van der Waals surface area contributed by atoms with Crippen LogP contribution >= 0.6 is 0 Å². The molecule has 2 N–H and O–H groups in total. The third-order valence-electron chi connectivity index (χ3n) is 3.25. The Balaban J connectivity index is 2.89. The number of carboxylic acid groups (broad SMARTS) is 1. The van der Waals surface area contributed by atoms with Crippen molar-refractivity contribution in [2.45, 2.75) is 32.4 Å². The molecular formula is C16H25NO4. The van der Waals surface area contributed by atoms with E-state index >= 15 is 0 Å². The van der Waals surface area contributed by atoms with Crippen LogP contribution in [0.25, 0.3) is 0 Å². The number of benzene rings is 1. The number of carbonyl (C=O) groups is 1. The molecule has 5 heteroatoms. The predicted octanol–water partition coefficient (Wildman–Crippen LogP) is 2.02. The molecule has 0 aliphatic carbocycles. The molecule has 0 saturated heterocycles. The van der Waals surface area contributed by atoms with E-state index in [-0.39, 0.29) is 12.7 Å². The Morgan fingerprint density at radius 3 is 2.52 bits per heavy atom. The fraction of sp³-hybridized carbons (Fsp3) is 0.562. The second kappa shape index (κ2) is 8.77. The van der Waals surface area contributed by atoms with Crippen LogP contribution in [0.1, 0.15) is 26.3 Å². The van der Waals surface area contributed by atoms with Crippen molar-refractivity contribution in [1.82, 2.24) is 5.32 Å². The summed E-state index contributed by atoms with van der Waals surface area (Å²) in [7, 11) is 0. The molecule has 0 aliphatic heterocycles. The highest BCUT2D eigenvalue weighted by Crippen LogP contribution is 2.23. The van der Waals surface area contributed by atoms with Crippen LogP contribution in [0.4, 0.5) is 0 Å². The molecule has 0 fully saturated rings. The zero-order valence-corrected chi connectivity index (χ0v) is 13.0. The molecule has 0 aromatic heterocycles. The second-order valence-electron chi connectivity index (χ2n) is 4.89. The highest BCUT2D eigenvalue weighted by molar-refractivity contribution is 5.81. The molecule has 0 amide bonds. The third kappa shape index (κ3) is 4.81. The minimum atomic E-state index is -1.24. The van der Waals surface area contributed by atoms with E-state index in [1.165, 1.54) is 0 Å². The van der Waals surface area contributed by atoms with Crippen LogP contribution in [-0.2, 0) is 19.8 Å². The molecule has 1 aromatic rings. The number of carboxylic acids is 1.